The molecular formula is C38H34Br4N2. The highest BCUT2D eigenvalue weighted by Crippen LogP contribution is 2.36. The fraction of sp³-hybridized carbons (Fsp3) is 0.105. The lowest BCUT2D eigenvalue weighted by molar-refractivity contribution is 1.09. The van der Waals surface area contributed by atoms with Crippen molar-refractivity contribution in [1.82, 2.24) is 0 Å². The van der Waals surface area contributed by atoms with E-state index >= 15 is 0 Å². The van der Waals surface area contributed by atoms with Crippen molar-refractivity contribution < 1.29 is 0 Å². The van der Waals surface area contributed by atoms with Gasteiger partial charge in [0.2, 0.25) is 0 Å². The van der Waals surface area contributed by atoms with Crippen LogP contribution in [-0.2, 0) is 0 Å². The van der Waals surface area contributed by atoms with Crippen LogP contribution in [0.15, 0.2) is 157 Å². The van der Waals surface area contributed by atoms with E-state index in [4.69, 9.17) is 0 Å². The van der Waals surface area contributed by atoms with Crippen molar-refractivity contribution in [3.8, 4) is 0 Å². The normalized spacial score (nSPS) is 11.2. The average Bonchev–Trinajstić information content (AvgIpc) is 3.06. The zero-order valence-electron chi connectivity index (χ0n) is 24.9. The van der Waals surface area contributed by atoms with Crippen LogP contribution >= 0.6 is 63.7 Å². The van der Waals surface area contributed by atoms with Crippen LogP contribution in [0.5, 0.6) is 0 Å². The Morgan fingerprint density at radius 3 is 1.16 bits per heavy atom. The molecule has 0 saturated heterocycles. The molecule has 0 N–H and O–H groups in total. The first kappa shape index (κ1) is 34.0. The van der Waals surface area contributed by atoms with Gasteiger partial charge in [-0.15, -0.1) is 0 Å². The van der Waals surface area contributed by atoms with Crippen molar-refractivity contribution in [2.45, 2.75) is 20.8 Å². The fourth-order valence-electron chi connectivity index (χ4n) is 4.68. The summed E-state index contributed by atoms with van der Waals surface area (Å²) >= 11 is 14.3. The van der Waals surface area contributed by atoms with Crippen molar-refractivity contribution in [1.29, 1.82) is 0 Å². The first-order valence-corrected chi connectivity index (χ1v) is 17.6. The third kappa shape index (κ3) is 9.07. The maximum Gasteiger partial charge on any atom is 0.0462 e. The Bertz CT molecular complexity index is 1570. The van der Waals surface area contributed by atoms with Gasteiger partial charge in [-0.3, -0.25) is 0 Å². The molecule has 0 fully saturated rings. The van der Waals surface area contributed by atoms with Gasteiger partial charge < -0.3 is 9.80 Å². The summed E-state index contributed by atoms with van der Waals surface area (Å²) in [4.78, 5) is 4.57. The van der Waals surface area contributed by atoms with Crippen LogP contribution in [0, 0.1) is 0 Å². The van der Waals surface area contributed by atoms with Crippen LogP contribution in [0.1, 0.15) is 26.3 Å². The third-order valence-electron chi connectivity index (χ3n) is 6.80. The largest absolute Gasteiger partial charge is 0.338 e. The lowest BCUT2D eigenvalue weighted by Gasteiger charge is -2.26. The Balaban J connectivity index is 0.00000216. The zero-order chi connectivity index (χ0) is 31.5. The summed E-state index contributed by atoms with van der Waals surface area (Å²) in [5.74, 6) is 0. The summed E-state index contributed by atoms with van der Waals surface area (Å²) in [5, 5.41) is 0. The summed E-state index contributed by atoms with van der Waals surface area (Å²) < 4.78 is 4.24. The zero-order valence-corrected chi connectivity index (χ0v) is 31.2. The van der Waals surface area contributed by atoms with Gasteiger partial charge in [-0.2, -0.15) is 0 Å². The van der Waals surface area contributed by atoms with E-state index < -0.39 is 0 Å². The summed E-state index contributed by atoms with van der Waals surface area (Å²) in [5.41, 5.74) is 7.91. The van der Waals surface area contributed by atoms with Gasteiger partial charge in [-0.1, -0.05) is 108 Å². The molecule has 0 bridgehead atoms. The smallest absolute Gasteiger partial charge is 0.0462 e. The molecule has 5 rings (SSSR count). The quantitative estimate of drug-likeness (QED) is 0.136. The topological polar surface area (TPSA) is 6.48 Å². The van der Waals surface area contributed by atoms with Crippen molar-refractivity contribution >= 4 is 97.7 Å². The van der Waals surface area contributed by atoms with Gasteiger partial charge in [0.15, 0.2) is 0 Å². The summed E-state index contributed by atoms with van der Waals surface area (Å²) in [7, 11) is 0. The van der Waals surface area contributed by atoms with Crippen LogP contribution in [0.3, 0.4) is 0 Å². The highest BCUT2D eigenvalue weighted by atomic mass is 79.9. The van der Waals surface area contributed by atoms with E-state index in [9.17, 15) is 0 Å². The first-order valence-electron chi connectivity index (χ1n) is 14.4. The van der Waals surface area contributed by atoms with Crippen molar-refractivity contribution in [2.75, 3.05) is 16.3 Å². The van der Waals surface area contributed by atoms with Crippen molar-refractivity contribution in [3.05, 3.63) is 163 Å². The molecular weight excluding hydrogens is 804 g/mol. The van der Waals surface area contributed by atoms with E-state index in [2.05, 4.69) is 220 Å². The van der Waals surface area contributed by atoms with E-state index in [1.165, 1.54) is 11.1 Å². The minimum absolute atomic E-state index is 0.736. The van der Waals surface area contributed by atoms with Crippen molar-refractivity contribution in [2.24, 2.45) is 0 Å². The predicted molar refractivity (Wildman–Crippen MR) is 206 cm³/mol. The summed E-state index contributed by atoms with van der Waals surface area (Å²) in [6.07, 6.45) is 6.60. The van der Waals surface area contributed by atoms with Crippen LogP contribution in [0.25, 0.3) is 5.57 Å². The minimum Gasteiger partial charge on any atom is -0.338 e. The summed E-state index contributed by atoms with van der Waals surface area (Å²) in [6, 6.07) is 42.4. The Labute approximate surface area is 295 Å². The van der Waals surface area contributed by atoms with E-state index in [1.54, 1.807) is 0 Å². The molecule has 0 aromatic heterocycles. The molecule has 0 amide bonds. The molecule has 0 saturated carbocycles. The molecule has 44 heavy (non-hydrogen) atoms. The van der Waals surface area contributed by atoms with Crippen LogP contribution in [0.4, 0.5) is 28.4 Å². The number of hydrogen-bond acceptors (Lipinski definition) is 2. The number of anilines is 5. The molecule has 5 aromatic carbocycles. The lowest BCUT2D eigenvalue weighted by Crippen LogP contribution is -2.16. The first-order chi connectivity index (χ1) is 21.4. The summed E-state index contributed by atoms with van der Waals surface area (Å²) in [6.45, 7) is 6.82. The van der Waals surface area contributed by atoms with E-state index in [-0.39, 0.29) is 0 Å². The Kier molecular flexibility index (Phi) is 13.1. The SMILES string of the molecule is C/C=C(\C=C/CN(c1ccc(Br)cc1)c1ccc(Br)cc1)c1ccc(N(c2ccc(Br)cc2)c2ccc(Br)cc2)cc1.CC. The minimum atomic E-state index is 0.736. The van der Waals surface area contributed by atoms with Gasteiger partial charge >= 0.3 is 0 Å². The van der Waals surface area contributed by atoms with Gasteiger partial charge in [-0.25, -0.2) is 0 Å². The molecule has 6 heteroatoms. The van der Waals surface area contributed by atoms with Gasteiger partial charge in [0.05, 0.1) is 0 Å². The molecule has 0 atom stereocenters. The number of allylic oxidation sites excluding steroid dienone is 3. The second-order valence-electron chi connectivity index (χ2n) is 9.54. The lowest BCUT2D eigenvalue weighted by atomic mass is 10.0. The Morgan fingerprint density at radius 2 is 0.818 bits per heavy atom. The molecule has 0 aliphatic carbocycles. The maximum atomic E-state index is 3.57. The van der Waals surface area contributed by atoms with Crippen LogP contribution in [0.2, 0.25) is 0 Å². The molecule has 0 spiro atoms. The van der Waals surface area contributed by atoms with Gasteiger partial charge in [0.1, 0.15) is 0 Å². The second-order valence-corrected chi connectivity index (χ2v) is 13.2. The molecule has 0 aliphatic rings. The van der Waals surface area contributed by atoms with Crippen LogP contribution in [-0.4, -0.2) is 6.54 Å². The van der Waals surface area contributed by atoms with E-state index in [0.29, 0.717) is 0 Å². The number of benzene rings is 5. The van der Waals surface area contributed by atoms with Gasteiger partial charge in [-0.05, 0) is 127 Å². The number of nitrogens with zero attached hydrogens (tertiary/aromatic N) is 2. The highest BCUT2D eigenvalue weighted by molar-refractivity contribution is 9.11. The number of hydrogen-bond donors (Lipinski definition) is 0. The van der Waals surface area contributed by atoms with E-state index in [1.807, 2.05) is 13.8 Å². The molecule has 0 aliphatic heterocycles. The second kappa shape index (κ2) is 17.0. The molecule has 2 nitrogen and oxygen atoms in total. The molecule has 0 unspecified atom stereocenters. The predicted octanol–water partition coefficient (Wildman–Crippen LogP) is 14.0. The molecule has 5 aromatic rings. The number of halogens is 4. The third-order valence-corrected chi connectivity index (χ3v) is 8.92. The number of rotatable bonds is 9. The van der Waals surface area contributed by atoms with Crippen molar-refractivity contribution in [3.63, 3.8) is 0 Å². The molecule has 0 radical (unpaired) electrons. The monoisotopic (exact) mass is 834 g/mol. The standard InChI is InChI=1S/C36H28Br4N2.C2H6/c1-2-26(4-3-25-41(32-17-7-28(37)8-18-32)33-19-9-29(38)10-20-33)27-5-15-34(16-6-27)42(35-21-11-30(39)12-22-35)36-23-13-31(40)14-24-36;1-2/h2-24H,25H2,1H3;1-2H3/b4-3-,26-2+;. The van der Waals surface area contributed by atoms with Gasteiger partial charge in [0, 0.05) is 52.9 Å². The Morgan fingerprint density at radius 1 is 0.500 bits per heavy atom. The molecule has 224 valence electrons. The maximum absolute atomic E-state index is 3.57. The molecule has 0 heterocycles. The van der Waals surface area contributed by atoms with Crippen LogP contribution < -0.4 is 9.80 Å². The highest BCUT2D eigenvalue weighted by Gasteiger charge is 2.13. The van der Waals surface area contributed by atoms with E-state index in [0.717, 1.165) is 52.9 Å². The fourth-order valence-corrected chi connectivity index (χ4v) is 5.73. The van der Waals surface area contributed by atoms with Gasteiger partial charge in [0.25, 0.3) is 0 Å². The average molecular weight is 838 g/mol. The Hall–Kier alpha value is -2.90.